The Morgan fingerprint density at radius 3 is 2.16 bits per heavy atom. The fourth-order valence-corrected chi connectivity index (χ4v) is 3.80. The molecule has 1 N–H and O–H groups in total. The zero-order valence-corrected chi connectivity index (χ0v) is 15.9. The first-order valence-electron chi connectivity index (χ1n) is 8.27. The minimum absolute atomic E-state index is 0.0766. The Bertz CT molecular complexity index is 748. The van der Waals surface area contributed by atoms with Crippen molar-refractivity contribution in [2.45, 2.75) is 13.8 Å². The molecule has 1 fully saturated rings. The second-order valence-electron chi connectivity index (χ2n) is 6.30. The number of nitrogens with one attached hydrogen (secondary N) is 1. The first-order valence-corrected chi connectivity index (χ1v) is 9.06. The Morgan fingerprint density at radius 1 is 1.04 bits per heavy atom. The van der Waals surface area contributed by atoms with Crippen LogP contribution in [-0.4, -0.2) is 37.1 Å². The van der Waals surface area contributed by atoms with Crippen LogP contribution in [0.25, 0.3) is 0 Å². The Balaban J connectivity index is 1.61. The molecule has 0 spiro atoms. The predicted octanol–water partition coefficient (Wildman–Crippen LogP) is 4.56. The van der Waals surface area contributed by atoms with E-state index in [1.54, 1.807) is 12.1 Å². The number of amides is 2. The summed E-state index contributed by atoms with van der Waals surface area (Å²) in [5, 5.41) is 3.04. The molecule has 0 aromatic heterocycles. The minimum Gasteiger partial charge on any atom is -0.368 e. The number of benzene rings is 2. The second kappa shape index (κ2) is 7.44. The summed E-state index contributed by atoms with van der Waals surface area (Å²) in [4.78, 5) is 16.6. The number of piperazine rings is 1. The molecule has 0 saturated carbocycles. The topological polar surface area (TPSA) is 35.6 Å². The first-order chi connectivity index (χ1) is 11.9. The van der Waals surface area contributed by atoms with Crippen LogP contribution < -0.4 is 10.2 Å². The summed E-state index contributed by atoms with van der Waals surface area (Å²) in [6, 6.07) is 10.4. The highest BCUT2D eigenvalue weighted by molar-refractivity contribution is 9.10. The molecule has 0 unspecified atom stereocenters. The van der Waals surface area contributed by atoms with Gasteiger partial charge in [0.1, 0.15) is 5.82 Å². The van der Waals surface area contributed by atoms with Crippen LogP contribution in [0.2, 0.25) is 0 Å². The molecule has 25 heavy (non-hydrogen) atoms. The number of halogens is 2. The summed E-state index contributed by atoms with van der Waals surface area (Å²) < 4.78 is 14.0. The lowest BCUT2D eigenvalue weighted by Gasteiger charge is -2.36. The van der Waals surface area contributed by atoms with E-state index in [1.165, 1.54) is 12.1 Å². The maximum atomic E-state index is 13.0. The molecule has 0 radical (unpaired) electrons. The summed E-state index contributed by atoms with van der Waals surface area (Å²) in [6.45, 7) is 6.71. The van der Waals surface area contributed by atoms with Crippen LogP contribution >= 0.6 is 15.9 Å². The van der Waals surface area contributed by atoms with Crippen molar-refractivity contribution in [1.29, 1.82) is 0 Å². The van der Waals surface area contributed by atoms with Gasteiger partial charge in [-0.1, -0.05) is 15.9 Å². The monoisotopic (exact) mass is 405 g/mol. The molecular weight excluding hydrogens is 385 g/mol. The standard InChI is InChI=1S/C19H21BrFN3O/c1-13-11-15(20)12-14(2)18(13)22-19(25)24-9-7-23(8-10-24)17-5-3-16(21)4-6-17/h3-6,11-12H,7-10H2,1-2H3,(H,22,25). The molecule has 132 valence electrons. The molecule has 2 aromatic rings. The van der Waals surface area contributed by atoms with E-state index in [0.29, 0.717) is 13.1 Å². The van der Waals surface area contributed by atoms with Gasteiger partial charge in [0, 0.05) is 42.0 Å². The van der Waals surface area contributed by atoms with E-state index >= 15 is 0 Å². The number of anilines is 2. The zero-order chi connectivity index (χ0) is 18.0. The highest BCUT2D eigenvalue weighted by atomic mass is 79.9. The highest BCUT2D eigenvalue weighted by Gasteiger charge is 2.22. The summed E-state index contributed by atoms with van der Waals surface area (Å²) in [5.74, 6) is -0.234. The Kier molecular flexibility index (Phi) is 5.27. The number of aryl methyl sites for hydroxylation is 2. The summed E-state index contributed by atoms with van der Waals surface area (Å²) in [6.07, 6.45) is 0. The van der Waals surface area contributed by atoms with Crippen molar-refractivity contribution >= 4 is 33.3 Å². The maximum absolute atomic E-state index is 13.0. The number of carbonyl (C=O) groups is 1. The second-order valence-corrected chi connectivity index (χ2v) is 7.21. The fraction of sp³-hybridized carbons (Fsp3) is 0.316. The van der Waals surface area contributed by atoms with E-state index in [-0.39, 0.29) is 11.8 Å². The first kappa shape index (κ1) is 17.7. The molecule has 4 nitrogen and oxygen atoms in total. The highest BCUT2D eigenvalue weighted by Crippen LogP contribution is 2.25. The molecule has 0 atom stereocenters. The number of hydrogen-bond acceptors (Lipinski definition) is 2. The molecule has 6 heteroatoms. The van der Waals surface area contributed by atoms with E-state index in [4.69, 9.17) is 0 Å². The lowest BCUT2D eigenvalue weighted by molar-refractivity contribution is 0.208. The van der Waals surface area contributed by atoms with E-state index in [9.17, 15) is 9.18 Å². The summed E-state index contributed by atoms with van der Waals surface area (Å²) in [5.41, 5.74) is 3.92. The van der Waals surface area contributed by atoms with Crippen molar-refractivity contribution < 1.29 is 9.18 Å². The molecular formula is C19H21BrFN3O. The lowest BCUT2D eigenvalue weighted by atomic mass is 10.1. The Morgan fingerprint density at radius 2 is 1.60 bits per heavy atom. The molecule has 1 aliphatic heterocycles. The largest absolute Gasteiger partial charge is 0.368 e. The number of hydrogen-bond donors (Lipinski definition) is 1. The van der Waals surface area contributed by atoms with Crippen LogP contribution in [0.1, 0.15) is 11.1 Å². The molecule has 0 aliphatic carbocycles. The average Bonchev–Trinajstić information content (AvgIpc) is 2.59. The van der Waals surface area contributed by atoms with Gasteiger partial charge in [-0.25, -0.2) is 9.18 Å². The fourth-order valence-electron chi connectivity index (χ4n) is 3.11. The number of rotatable bonds is 2. The number of carbonyl (C=O) groups excluding carboxylic acids is 1. The van der Waals surface area contributed by atoms with Crippen molar-refractivity contribution in [3.05, 3.63) is 57.8 Å². The predicted molar refractivity (Wildman–Crippen MR) is 103 cm³/mol. The van der Waals surface area contributed by atoms with Crippen molar-refractivity contribution in [3.63, 3.8) is 0 Å². The lowest BCUT2D eigenvalue weighted by Crippen LogP contribution is -2.50. The Labute approximate surface area is 155 Å². The van der Waals surface area contributed by atoms with Crippen molar-refractivity contribution in [2.75, 3.05) is 36.4 Å². The SMILES string of the molecule is Cc1cc(Br)cc(C)c1NC(=O)N1CCN(c2ccc(F)cc2)CC1. The van der Waals surface area contributed by atoms with Gasteiger partial charge in [-0.15, -0.1) is 0 Å². The third kappa shape index (κ3) is 4.12. The molecule has 2 amide bonds. The van der Waals surface area contributed by atoms with Crippen LogP contribution in [0.5, 0.6) is 0 Å². The van der Waals surface area contributed by atoms with Gasteiger partial charge in [-0.3, -0.25) is 0 Å². The van der Waals surface area contributed by atoms with Crippen LogP contribution in [-0.2, 0) is 0 Å². The van der Waals surface area contributed by atoms with Gasteiger partial charge in [-0.2, -0.15) is 0 Å². The van der Waals surface area contributed by atoms with E-state index in [2.05, 4.69) is 26.1 Å². The van der Waals surface area contributed by atoms with Crippen LogP contribution in [0.3, 0.4) is 0 Å². The van der Waals surface area contributed by atoms with Crippen molar-refractivity contribution in [1.82, 2.24) is 4.90 Å². The average molecular weight is 406 g/mol. The van der Waals surface area contributed by atoms with Gasteiger partial charge in [0.05, 0.1) is 0 Å². The third-order valence-electron chi connectivity index (χ3n) is 4.49. The van der Waals surface area contributed by atoms with E-state index in [0.717, 1.165) is 40.1 Å². The normalized spacial score (nSPS) is 14.6. The van der Waals surface area contributed by atoms with Gasteiger partial charge in [0.15, 0.2) is 0 Å². The molecule has 1 saturated heterocycles. The molecule has 2 aromatic carbocycles. The van der Waals surface area contributed by atoms with Crippen LogP contribution in [0.15, 0.2) is 40.9 Å². The van der Waals surface area contributed by atoms with Gasteiger partial charge >= 0.3 is 6.03 Å². The molecule has 0 bridgehead atoms. The number of urea groups is 1. The summed E-state index contributed by atoms with van der Waals surface area (Å²) in [7, 11) is 0. The van der Waals surface area contributed by atoms with Crippen LogP contribution in [0.4, 0.5) is 20.6 Å². The van der Waals surface area contributed by atoms with Gasteiger partial charge < -0.3 is 15.1 Å². The van der Waals surface area contributed by atoms with Crippen molar-refractivity contribution in [2.24, 2.45) is 0 Å². The van der Waals surface area contributed by atoms with E-state index < -0.39 is 0 Å². The van der Waals surface area contributed by atoms with Gasteiger partial charge in [-0.05, 0) is 61.4 Å². The van der Waals surface area contributed by atoms with Gasteiger partial charge in [0.2, 0.25) is 0 Å². The summed E-state index contributed by atoms with van der Waals surface area (Å²) >= 11 is 3.47. The Hall–Kier alpha value is -2.08. The molecule has 1 aliphatic rings. The molecule has 3 rings (SSSR count). The van der Waals surface area contributed by atoms with Crippen molar-refractivity contribution in [3.8, 4) is 0 Å². The maximum Gasteiger partial charge on any atom is 0.321 e. The number of nitrogens with zero attached hydrogens (tertiary/aromatic N) is 2. The third-order valence-corrected chi connectivity index (χ3v) is 4.95. The quantitative estimate of drug-likeness (QED) is 0.794. The minimum atomic E-state index is -0.234. The van der Waals surface area contributed by atoms with Crippen LogP contribution in [0, 0.1) is 19.7 Å². The van der Waals surface area contributed by atoms with Gasteiger partial charge in [0.25, 0.3) is 0 Å². The van der Waals surface area contributed by atoms with E-state index in [1.807, 2.05) is 30.9 Å². The zero-order valence-electron chi connectivity index (χ0n) is 14.4. The smallest absolute Gasteiger partial charge is 0.321 e. The molecule has 1 heterocycles.